The summed E-state index contributed by atoms with van der Waals surface area (Å²) in [5.41, 5.74) is 6.79. The minimum Gasteiger partial charge on any atom is -0.397 e. The van der Waals surface area contributed by atoms with Crippen LogP contribution < -0.4 is 11.1 Å². The fraction of sp³-hybridized carbons (Fsp3) is 0. The maximum absolute atomic E-state index is 12.0. The second kappa shape index (κ2) is 5.61. The molecule has 18 heavy (non-hydrogen) atoms. The summed E-state index contributed by atoms with van der Waals surface area (Å²) >= 11 is 13.9. The number of nitrogens with one attached hydrogen (secondary N) is 1. The summed E-state index contributed by atoms with van der Waals surface area (Å²) in [7, 11) is 0. The smallest absolute Gasteiger partial charge is 0.267 e. The van der Waals surface area contributed by atoms with Gasteiger partial charge in [-0.2, -0.15) is 0 Å². The number of halogens is 3. The Morgan fingerprint density at radius 3 is 2.44 bits per heavy atom. The first-order chi connectivity index (χ1) is 8.49. The molecule has 2 aromatic rings. The number of amides is 1. The number of carbonyl (C=O) groups is 1. The predicted molar refractivity (Wildman–Crippen MR) is 83.5 cm³/mol. The van der Waals surface area contributed by atoms with Crippen molar-refractivity contribution in [2.75, 3.05) is 11.1 Å². The van der Waals surface area contributed by atoms with Crippen LogP contribution in [0.2, 0.25) is 5.02 Å². The van der Waals surface area contributed by atoms with Crippen molar-refractivity contribution in [3.63, 3.8) is 0 Å². The normalized spacial score (nSPS) is 10.4. The highest BCUT2D eigenvalue weighted by atomic mass is 79.9. The van der Waals surface area contributed by atoms with Gasteiger partial charge in [0.1, 0.15) is 4.88 Å². The Bertz CT molecular complexity index is 592. The molecule has 2 rings (SSSR count). The maximum Gasteiger partial charge on any atom is 0.267 e. The van der Waals surface area contributed by atoms with Crippen LogP contribution in [0.1, 0.15) is 9.67 Å². The second-order valence-corrected chi connectivity index (χ2v) is 6.46. The van der Waals surface area contributed by atoms with Gasteiger partial charge in [-0.15, -0.1) is 11.3 Å². The van der Waals surface area contributed by atoms with E-state index in [1.54, 1.807) is 23.6 Å². The fourth-order valence-electron chi connectivity index (χ4n) is 1.34. The molecule has 0 saturated heterocycles. The highest BCUT2D eigenvalue weighted by Crippen LogP contribution is 2.35. The lowest BCUT2D eigenvalue weighted by molar-refractivity contribution is 0.103. The average molecular weight is 411 g/mol. The van der Waals surface area contributed by atoms with Crippen LogP contribution >= 0.6 is 54.8 Å². The number of rotatable bonds is 2. The monoisotopic (exact) mass is 408 g/mol. The molecule has 1 heterocycles. The Kier molecular flexibility index (Phi) is 4.32. The third kappa shape index (κ3) is 2.88. The second-order valence-electron chi connectivity index (χ2n) is 3.40. The van der Waals surface area contributed by atoms with E-state index in [2.05, 4.69) is 37.2 Å². The van der Waals surface area contributed by atoms with E-state index in [-0.39, 0.29) is 5.91 Å². The van der Waals surface area contributed by atoms with E-state index in [0.29, 0.717) is 30.2 Å². The molecule has 0 aliphatic rings. The zero-order chi connectivity index (χ0) is 13.3. The number of hydrogen-bond donors (Lipinski definition) is 2. The van der Waals surface area contributed by atoms with Crippen molar-refractivity contribution in [2.45, 2.75) is 0 Å². The van der Waals surface area contributed by atoms with Gasteiger partial charge in [0.25, 0.3) is 5.91 Å². The molecule has 1 aromatic carbocycles. The molecule has 0 aliphatic carbocycles. The summed E-state index contributed by atoms with van der Waals surface area (Å²) in [6.45, 7) is 0. The first kappa shape index (κ1) is 13.9. The molecular formula is C11H7Br2ClN2OS. The van der Waals surface area contributed by atoms with E-state index in [0.717, 1.165) is 0 Å². The van der Waals surface area contributed by atoms with Crippen LogP contribution in [0, 0.1) is 0 Å². The van der Waals surface area contributed by atoms with Gasteiger partial charge in [-0.1, -0.05) is 11.6 Å². The molecule has 3 N–H and O–H groups in total. The minimum atomic E-state index is -0.244. The molecule has 0 aliphatic heterocycles. The first-order valence-corrected chi connectivity index (χ1v) is 7.62. The lowest BCUT2D eigenvalue weighted by Gasteiger charge is -2.09. The van der Waals surface area contributed by atoms with Crippen molar-refractivity contribution in [1.82, 2.24) is 0 Å². The van der Waals surface area contributed by atoms with Crippen molar-refractivity contribution >= 4 is 72.1 Å². The van der Waals surface area contributed by atoms with Gasteiger partial charge in [-0.3, -0.25) is 4.79 Å². The Morgan fingerprint density at radius 1 is 1.33 bits per heavy atom. The van der Waals surface area contributed by atoms with Gasteiger partial charge in [-0.05, 0) is 55.4 Å². The molecular weight excluding hydrogens is 403 g/mol. The van der Waals surface area contributed by atoms with Gasteiger partial charge in [0, 0.05) is 14.0 Å². The summed E-state index contributed by atoms with van der Waals surface area (Å²) in [5.74, 6) is -0.244. The van der Waals surface area contributed by atoms with Gasteiger partial charge < -0.3 is 11.1 Å². The quantitative estimate of drug-likeness (QED) is 0.750. The van der Waals surface area contributed by atoms with Gasteiger partial charge in [0.05, 0.1) is 11.4 Å². The zero-order valence-corrected chi connectivity index (χ0v) is 13.6. The highest BCUT2D eigenvalue weighted by molar-refractivity contribution is 9.11. The first-order valence-electron chi connectivity index (χ1n) is 4.78. The maximum atomic E-state index is 12.0. The van der Waals surface area contributed by atoms with Crippen LogP contribution in [-0.2, 0) is 0 Å². The number of nitrogen functional groups attached to an aromatic ring is 1. The van der Waals surface area contributed by atoms with E-state index in [9.17, 15) is 4.79 Å². The molecule has 3 nitrogen and oxygen atoms in total. The number of thiophene rings is 1. The van der Waals surface area contributed by atoms with Crippen molar-refractivity contribution in [3.8, 4) is 0 Å². The molecule has 0 unspecified atom stereocenters. The summed E-state index contributed by atoms with van der Waals surface area (Å²) < 4.78 is 1.40. The van der Waals surface area contributed by atoms with E-state index < -0.39 is 0 Å². The van der Waals surface area contributed by atoms with Gasteiger partial charge in [0.2, 0.25) is 0 Å². The van der Waals surface area contributed by atoms with E-state index in [4.69, 9.17) is 17.3 Å². The zero-order valence-electron chi connectivity index (χ0n) is 8.84. The Hall–Kier alpha value is -0.560. The fourth-order valence-corrected chi connectivity index (χ4v) is 3.92. The van der Waals surface area contributed by atoms with E-state index in [1.165, 1.54) is 11.3 Å². The SMILES string of the molecule is Nc1ccsc1C(=O)Nc1c(Br)cc(Cl)cc1Br. The predicted octanol–water partition coefficient (Wildman–Crippen LogP) is 4.76. The summed E-state index contributed by atoms with van der Waals surface area (Å²) in [6.07, 6.45) is 0. The largest absolute Gasteiger partial charge is 0.397 e. The molecule has 0 atom stereocenters. The van der Waals surface area contributed by atoms with Crippen LogP contribution in [0.25, 0.3) is 0 Å². The van der Waals surface area contributed by atoms with E-state index in [1.807, 2.05) is 0 Å². The van der Waals surface area contributed by atoms with Gasteiger partial charge in [0.15, 0.2) is 0 Å². The van der Waals surface area contributed by atoms with Crippen molar-refractivity contribution in [1.29, 1.82) is 0 Å². The Balaban J connectivity index is 2.31. The molecule has 0 radical (unpaired) electrons. The third-order valence-corrected chi connectivity index (χ3v) is 4.55. The summed E-state index contributed by atoms with van der Waals surface area (Å²) in [4.78, 5) is 12.5. The van der Waals surface area contributed by atoms with Crippen molar-refractivity contribution in [3.05, 3.63) is 42.4 Å². The molecule has 94 valence electrons. The molecule has 1 amide bonds. The summed E-state index contributed by atoms with van der Waals surface area (Å²) in [5, 5.41) is 5.13. The van der Waals surface area contributed by atoms with Gasteiger partial charge >= 0.3 is 0 Å². The molecule has 0 spiro atoms. The standard InChI is InChI=1S/C11H7Br2ClN2OS/c12-6-3-5(14)4-7(13)9(6)16-11(17)10-8(15)1-2-18-10/h1-4H,15H2,(H,16,17). The Labute approximate surface area is 130 Å². The Morgan fingerprint density at radius 2 is 1.94 bits per heavy atom. The molecule has 0 saturated carbocycles. The summed E-state index contributed by atoms with van der Waals surface area (Å²) in [6, 6.07) is 5.12. The average Bonchev–Trinajstić information content (AvgIpc) is 2.69. The number of carbonyl (C=O) groups excluding carboxylic acids is 1. The molecule has 0 fully saturated rings. The highest BCUT2D eigenvalue weighted by Gasteiger charge is 2.15. The minimum absolute atomic E-state index is 0.244. The lowest BCUT2D eigenvalue weighted by Crippen LogP contribution is -2.12. The number of anilines is 2. The number of nitrogens with two attached hydrogens (primary N) is 1. The number of hydrogen-bond acceptors (Lipinski definition) is 3. The van der Waals surface area contributed by atoms with Crippen LogP contribution in [0.3, 0.4) is 0 Å². The van der Waals surface area contributed by atoms with Crippen LogP contribution in [-0.4, -0.2) is 5.91 Å². The topological polar surface area (TPSA) is 55.1 Å². The molecule has 0 bridgehead atoms. The van der Waals surface area contributed by atoms with Crippen molar-refractivity contribution < 1.29 is 4.79 Å². The third-order valence-electron chi connectivity index (χ3n) is 2.15. The number of benzene rings is 1. The lowest BCUT2D eigenvalue weighted by atomic mass is 10.3. The van der Waals surface area contributed by atoms with Crippen LogP contribution in [0.5, 0.6) is 0 Å². The van der Waals surface area contributed by atoms with E-state index >= 15 is 0 Å². The van der Waals surface area contributed by atoms with Gasteiger partial charge in [-0.25, -0.2) is 0 Å². The van der Waals surface area contributed by atoms with Crippen LogP contribution in [0.15, 0.2) is 32.5 Å². The van der Waals surface area contributed by atoms with Crippen molar-refractivity contribution in [2.24, 2.45) is 0 Å². The molecule has 7 heteroatoms. The molecule has 1 aromatic heterocycles. The van der Waals surface area contributed by atoms with Crippen LogP contribution in [0.4, 0.5) is 11.4 Å².